The summed E-state index contributed by atoms with van der Waals surface area (Å²) in [4.78, 5) is 12.9. The fourth-order valence-electron chi connectivity index (χ4n) is 1.62. The summed E-state index contributed by atoms with van der Waals surface area (Å²) in [5.74, 6) is -2.42. The van der Waals surface area contributed by atoms with Crippen LogP contribution in [0, 0.1) is 11.6 Å². The van der Waals surface area contributed by atoms with Gasteiger partial charge >= 0.3 is 0 Å². The highest BCUT2D eigenvalue weighted by Crippen LogP contribution is 2.20. The van der Waals surface area contributed by atoms with Crippen molar-refractivity contribution in [1.82, 2.24) is 5.32 Å². The SMILES string of the molecule is CC(NC(=O)c1cc(N)c(F)cc1F)c1cccs1. The number of thiophene rings is 1. The van der Waals surface area contributed by atoms with Gasteiger partial charge in [-0.1, -0.05) is 6.07 Å². The lowest BCUT2D eigenvalue weighted by Crippen LogP contribution is -2.27. The van der Waals surface area contributed by atoms with Crippen LogP contribution < -0.4 is 11.1 Å². The zero-order chi connectivity index (χ0) is 14.0. The zero-order valence-electron chi connectivity index (χ0n) is 10.1. The van der Waals surface area contributed by atoms with Crippen molar-refractivity contribution < 1.29 is 13.6 Å². The molecule has 0 saturated heterocycles. The number of benzene rings is 1. The number of rotatable bonds is 3. The summed E-state index contributed by atoms with van der Waals surface area (Å²) in [6.07, 6.45) is 0. The first-order valence-electron chi connectivity index (χ1n) is 5.58. The Morgan fingerprint density at radius 1 is 1.37 bits per heavy atom. The molecule has 6 heteroatoms. The molecule has 3 nitrogen and oxygen atoms in total. The third-order valence-electron chi connectivity index (χ3n) is 2.65. The molecule has 0 saturated carbocycles. The maximum Gasteiger partial charge on any atom is 0.254 e. The van der Waals surface area contributed by atoms with Crippen LogP contribution >= 0.6 is 11.3 Å². The molecule has 1 atom stereocenters. The number of nitrogens with one attached hydrogen (secondary N) is 1. The van der Waals surface area contributed by atoms with Crippen molar-refractivity contribution in [1.29, 1.82) is 0 Å². The molecule has 1 amide bonds. The third kappa shape index (κ3) is 2.90. The maximum atomic E-state index is 13.5. The Balaban J connectivity index is 2.19. The highest BCUT2D eigenvalue weighted by atomic mass is 32.1. The summed E-state index contributed by atoms with van der Waals surface area (Å²) >= 11 is 1.48. The second kappa shape index (κ2) is 5.36. The summed E-state index contributed by atoms with van der Waals surface area (Å²) in [6, 6.07) is 5.09. The van der Waals surface area contributed by atoms with Gasteiger partial charge in [0.1, 0.15) is 11.6 Å². The lowest BCUT2D eigenvalue weighted by molar-refractivity contribution is 0.0936. The molecular weight excluding hydrogens is 270 g/mol. The first kappa shape index (κ1) is 13.5. The molecule has 100 valence electrons. The third-order valence-corrected chi connectivity index (χ3v) is 3.70. The van der Waals surface area contributed by atoms with Crippen LogP contribution in [0.3, 0.4) is 0 Å². The molecule has 19 heavy (non-hydrogen) atoms. The molecule has 3 N–H and O–H groups in total. The van der Waals surface area contributed by atoms with Crippen molar-refractivity contribution in [2.75, 3.05) is 5.73 Å². The molecular formula is C13H12F2N2OS. The van der Waals surface area contributed by atoms with Gasteiger partial charge in [-0.3, -0.25) is 4.79 Å². The van der Waals surface area contributed by atoms with Crippen LogP contribution in [-0.2, 0) is 0 Å². The predicted molar refractivity (Wildman–Crippen MR) is 71.0 cm³/mol. The van der Waals surface area contributed by atoms with E-state index in [0.717, 1.165) is 10.9 Å². The second-order valence-corrected chi connectivity index (χ2v) is 5.04. The van der Waals surface area contributed by atoms with Crippen LogP contribution in [0.4, 0.5) is 14.5 Å². The van der Waals surface area contributed by atoms with Gasteiger partial charge < -0.3 is 11.1 Å². The Morgan fingerprint density at radius 2 is 2.11 bits per heavy atom. The van der Waals surface area contributed by atoms with E-state index in [1.54, 1.807) is 6.92 Å². The van der Waals surface area contributed by atoms with E-state index in [1.165, 1.54) is 11.3 Å². The summed E-state index contributed by atoms with van der Waals surface area (Å²) in [7, 11) is 0. The monoisotopic (exact) mass is 282 g/mol. The van der Waals surface area contributed by atoms with Gasteiger partial charge in [0.15, 0.2) is 0 Å². The molecule has 2 rings (SSSR count). The van der Waals surface area contributed by atoms with Gasteiger partial charge in [-0.2, -0.15) is 0 Å². The average Bonchev–Trinajstić information content (AvgIpc) is 2.87. The number of amides is 1. The molecule has 1 aromatic carbocycles. The van der Waals surface area contributed by atoms with Crippen molar-refractivity contribution in [2.24, 2.45) is 0 Å². The van der Waals surface area contributed by atoms with E-state index < -0.39 is 17.5 Å². The summed E-state index contributed by atoms with van der Waals surface area (Å²) < 4.78 is 26.5. The van der Waals surface area contributed by atoms with Gasteiger partial charge in [0.2, 0.25) is 0 Å². The van der Waals surface area contributed by atoms with Gasteiger partial charge in [0, 0.05) is 10.9 Å². The number of hydrogen-bond donors (Lipinski definition) is 2. The quantitative estimate of drug-likeness (QED) is 0.850. The van der Waals surface area contributed by atoms with Gasteiger partial charge in [-0.15, -0.1) is 11.3 Å². The van der Waals surface area contributed by atoms with E-state index >= 15 is 0 Å². The fourth-order valence-corrected chi connectivity index (χ4v) is 2.36. The number of carbonyl (C=O) groups excluding carboxylic acids is 1. The van der Waals surface area contributed by atoms with Crippen LogP contribution in [0.1, 0.15) is 28.2 Å². The van der Waals surface area contributed by atoms with Crippen LogP contribution in [0.15, 0.2) is 29.6 Å². The second-order valence-electron chi connectivity index (χ2n) is 4.06. The minimum Gasteiger partial charge on any atom is -0.396 e. The van der Waals surface area contributed by atoms with E-state index in [2.05, 4.69) is 5.32 Å². The van der Waals surface area contributed by atoms with Crippen LogP contribution in [0.25, 0.3) is 0 Å². The van der Waals surface area contributed by atoms with E-state index in [1.807, 2.05) is 17.5 Å². The van der Waals surface area contributed by atoms with Gasteiger partial charge in [0.05, 0.1) is 17.3 Å². The normalized spacial score (nSPS) is 12.2. The molecule has 1 unspecified atom stereocenters. The molecule has 0 aliphatic carbocycles. The molecule has 0 fully saturated rings. The lowest BCUT2D eigenvalue weighted by Gasteiger charge is -2.13. The first-order valence-corrected chi connectivity index (χ1v) is 6.45. The van der Waals surface area contributed by atoms with Crippen molar-refractivity contribution >= 4 is 22.9 Å². The van der Waals surface area contributed by atoms with Gasteiger partial charge in [0.25, 0.3) is 5.91 Å². The molecule has 0 aliphatic rings. The summed E-state index contributed by atoms with van der Waals surface area (Å²) in [5, 5.41) is 4.52. The highest BCUT2D eigenvalue weighted by molar-refractivity contribution is 7.10. The van der Waals surface area contributed by atoms with Gasteiger partial charge in [-0.25, -0.2) is 8.78 Å². The number of nitrogen functional groups attached to an aromatic ring is 1. The molecule has 0 bridgehead atoms. The van der Waals surface area contributed by atoms with Crippen molar-refractivity contribution in [3.05, 3.63) is 51.7 Å². The highest BCUT2D eigenvalue weighted by Gasteiger charge is 2.17. The lowest BCUT2D eigenvalue weighted by atomic mass is 10.1. The van der Waals surface area contributed by atoms with E-state index in [-0.39, 0.29) is 17.3 Å². The Bertz CT molecular complexity index is 599. The predicted octanol–water partition coefficient (Wildman–Crippen LogP) is 3.10. The van der Waals surface area contributed by atoms with Crippen molar-refractivity contribution in [3.63, 3.8) is 0 Å². The minimum atomic E-state index is -0.928. The fraction of sp³-hybridized carbons (Fsp3) is 0.154. The van der Waals surface area contributed by atoms with Crippen molar-refractivity contribution in [2.45, 2.75) is 13.0 Å². The van der Waals surface area contributed by atoms with E-state index in [0.29, 0.717) is 6.07 Å². The number of hydrogen-bond acceptors (Lipinski definition) is 3. The minimum absolute atomic E-state index is 0.252. The standard InChI is InChI=1S/C13H12F2N2OS/c1-7(12-3-2-4-19-12)17-13(18)8-5-11(16)10(15)6-9(8)14/h2-7H,16H2,1H3,(H,17,18). The first-order chi connectivity index (χ1) is 8.99. The molecule has 1 heterocycles. The van der Waals surface area contributed by atoms with Crippen molar-refractivity contribution in [3.8, 4) is 0 Å². The zero-order valence-corrected chi connectivity index (χ0v) is 10.9. The Morgan fingerprint density at radius 3 is 2.74 bits per heavy atom. The number of carbonyl (C=O) groups is 1. The molecule has 2 aromatic rings. The van der Waals surface area contributed by atoms with E-state index in [4.69, 9.17) is 5.73 Å². The molecule has 0 spiro atoms. The number of anilines is 1. The van der Waals surface area contributed by atoms with Crippen LogP contribution in [0.2, 0.25) is 0 Å². The largest absolute Gasteiger partial charge is 0.396 e. The average molecular weight is 282 g/mol. The smallest absolute Gasteiger partial charge is 0.254 e. The summed E-state index contributed by atoms with van der Waals surface area (Å²) in [5.41, 5.74) is 4.82. The number of nitrogens with two attached hydrogens (primary N) is 1. The molecule has 0 radical (unpaired) electrons. The van der Waals surface area contributed by atoms with Crippen LogP contribution in [-0.4, -0.2) is 5.91 Å². The topological polar surface area (TPSA) is 55.1 Å². The number of halogens is 2. The Kier molecular flexibility index (Phi) is 3.80. The van der Waals surface area contributed by atoms with Crippen LogP contribution in [0.5, 0.6) is 0 Å². The molecule has 1 aromatic heterocycles. The van der Waals surface area contributed by atoms with Gasteiger partial charge in [-0.05, 0) is 24.4 Å². The Labute approximate surface area is 113 Å². The van der Waals surface area contributed by atoms with E-state index in [9.17, 15) is 13.6 Å². The maximum absolute atomic E-state index is 13.5. The summed E-state index contributed by atoms with van der Waals surface area (Å²) in [6.45, 7) is 1.79. The molecule has 0 aliphatic heterocycles. The Hall–Kier alpha value is -1.95.